The third-order valence-corrected chi connectivity index (χ3v) is 5.88. The van der Waals surface area contributed by atoms with Crippen molar-refractivity contribution in [1.82, 2.24) is 0 Å². The first-order chi connectivity index (χ1) is 16.2. The van der Waals surface area contributed by atoms with Gasteiger partial charge < -0.3 is 9.84 Å². The summed E-state index contributed by atoms with van der Waals surface area (Å²) < 4.78 is 19.4. The van der Waals surface area contributed by atoms with Crippen molar-refractivity contribution in [3.05, 3.63) is 100 Å². The molecule has 1 amide bonds. The third-order valence-electron chi connectivity index (χ3n) is 5.88. The molecule has 3 aromatic carbocycles. The van der Waals surface area contributed by atoms with Crippen molar-refractivity contribution in [2.45, 2.75) is 39.8 Å². The molecule has 5 nitrogen and oxygen atoms in total. The lowest BCUT2D eigenvalue weighted by Gasteiger charge is -2.26. The zero-order chi connectivity index (χ0) is 24.6. The van der Waals surface area contributed by atoms with Gasteiger partial charge in [0.05, 0.1) is 17.7 Å². The topological polar surface area (TPSA) is 66.8 Å². The van der Waals surface area contributed by atoms with Crippen LogP contribution in [0.15, 0.2) is 72.3 Å². The molecule has 0 aliphatic carbocycles. The summed E-state index contributed by atoms with van der Waals surface area (Å²) in [4.78, 5) is 27.9. The molecule has 1 atom stereocenters. The maximum Gasteiger partial charge on any atom is 0.300 e. The predicted octanol–water partition coefficient (Wildman–Crippen LogP) is 5.86. The molecule has 0 radical (unpaired) electrons. The summed E-state index contributed by atoms with van der Waals surface area (Å²) in [6.45, 7) is 7.64. The number of aryl methyl sites for hydroxylation is 2. The smallest absolute Gasteiger partial charge is 0.300 e. The number of Topliss-reactive ketones (excluding diaryl/α,β-unsaturated/α-hetero) is 1. The average Bonchev–Trinajstić information content (AvgIpc) is 3.06. The maximum atomic E-state index is 13.7. The second-order valence-electron chi connectivity index (χ2n) is 8.68. The molecule has 174 valence electrons. The van der Waals surface area contributed by atoms with Gasteiger partial charge in [-0.25, -0.2) is 4.39 Å². The zero-order valence-corrected chi connectivity index (χ0v) is 19.5. The summed E-state index contributed by atoms with van der Waals surface area (Å²) in [7, 11) is 0. The molecule has 0 saturated carbocycles. The van der Waals surface area contributed by atoms with Crippen molar-refractivity contribution in [2.24, 2.45) is 0 Å². The lowest BCUT2D eigenvalue weighted by atomic mass is 9.95. The second-order valence-corrected chi connectivity index (χ2v) is 8.68. The Balaban J connectivity index is 1.91. The van der Waals surface area contributed by atoms with Crippen LogP contribution in [0.2, 0.25) is 0 Å². The lowest BCUT2D eigenvalue weighted by Crippen LogP contribution is -2.29. The minimum Gasteiger partial charge on any atom is -0.507 e. The summed E-state index contributed by atoms with van der Waals surface area (Å²) in [5.41, 5.74) is 3.32. The van der Waals surface area contributed by atoms with Crippen LogP contribution in [0.5, 0.6) is 5.75 Å². The van der Waals surface area contributed by atoms with Crippen LogP contribution in [0.1, 0.15) is 42.1 Å². The number of ketones is 1. The SMILES string of the molecule is Cc1ccc(N2C(=O)C(=O)/C(=C(/O)c3cccc(OC(C)C)c3)C2c2ccc(F)cc2)cc1C. The minimum atomic E-state index is -0.919. The fourth-order valence-corrected chi connectivity index (χ4v) is 4.08. The Bertz CT molecular complexity index is 1290. The van der Waals surface area contributed by atoms with Gasteiger partial charge in [0.1, 0.15) is 17.3 Å². The van der Waals surface area contributed by atoms with Crippen molar-refractivity contribution in [1.29, 1.82) is 0 Å². The van der Waals surface area contributed by atoms with Crippen LogP contribution in [-0.2, 0) is 9.59 Å². The molecule has 4 rings (SSSR count). The normalized spacial score (nSPS) is 17.5. The molecule has 1 aliphatic heterocycles. The molecular formula is C28H26FNO4. The number of carbonyl (C=O) groups is 2. The monoisotopic (exact) mass is 459 g/mol. The number of hydrogen-bond acceptors (Lipinski definition) is 4. The molecule has 1 fully saturated rings. The van der Waals surface area contributed by atoms with Crippen molar-refractivity contribution in [3.8, 4) is 5.75 Å². The summed E-state index contributed by atoms with van der Waals surface area (Å²) in [5.74, 6) is -1.78. The predicted molar refractivity (Wildman–Crippen MR) is 129 cm³/mol. The highest BCUT2D eigenvalue weighted by Crippen LogP contribution is 2.42. The molecule has 34 heavy (non-hydrogen) atoms. The van der Waals surface area contributed by atoms with E-state index in [9.17, 15) is 19.1 Å². The van der Waals surface area contributed by atoms with E-state index in [1.807, 2.05) is 39.8 Å². The van der Waals surface area contributed by atoms with Gasteiger partial charge >= 0.3 is 0 Å². The van der Waals surface area contributed by atoms with Crippen molar-refractivity contribution in [3.63, 3.8) is 0 Å². The lowest BCUT2D eigenvalue weighted by molar-refractivity contribution is -0.132. The number of anilines is 1. The van der Waals surface area contributed by atoms with Crippen LogP contribution in [0.4, 0.5) is 10.1 Å². The molecular weight excluding hydrogens is 433 g/mol. The van der Waals surface area contributed by atoms with Crippen molar-refractivity contribution in [2.75, 3.05) is 4.90 Å². The Hall–Kier alpha value is -3.93. The average molecular weight is 460 g/mol. The van der Waals surface area contributed by atoms with Crippen LogP contribution in [0.25, 0.3) is 5.76 Å². The van der Waals surface area contributed by atoms with Gasteiger partial charge in [0.15, 0.2) is 0 Å². The van der Waals surface area contributed by atoms with E-state index < -0.39 is 23.5 Å². The zero-order valence-electron chi connectivity index (χ0n) is 19.5. The number of hydrogen-bond donors (Lipinski definition) is 1. The number of aliphatic hydroxyl groups is 1. The first-order valence-electron chi connectivity index (χ1n) is 11.1. The molecule has 3 aromatic rings. The van der Waals surface area contributed by atoms with E-state index in [1.165, 1.54) is 29.2 Å². The molecule has 1 N–H and O–H groups in total. The molecule has 0 spiro atoms. The maximum absolute atomic E-state index is 13.7. The quantitative estimate of drug-likeness (QED) is 0.295. The summed E-state index contributed by atoms with van der Waals surface area (Å²) in [6, 6.07) is 16.9. The molecule has 1 heterocycles. The third kappa shape index (κ3) is 4.31. The Labute approximate surface area is 198 Å². The minimum absolute atomic E-state index is 0.0588. The van der Waals surface area contributed by atoms with E-state index in [4.69, 9.17) is 4.74 Å². The number of nitrogens with zero attached hydrogens (tertiary/aromatic N) is 1. The molecule has 1 saturated heterocycles. The molecule has 0 bridgehead atoms. The number of amides is 1. The van der Waals surface area contributed by atoms with Crippen molar-refractivity contribution < 1.29 is 23.8 Å². The summed E-state index contributed by atoms with van der Waals surface area (Å²) in [5, 5.41) is 11.3. The van der Waals surface area contributed by atoms with E-state index in [0.29, 0.717) is 22.6 Å². The number of ether oxygens (including phenoxy) is 1. The standard InChI is InChI=1S/C28H26FNO4/c1-16(2)34-23-7-5-6-20(15-23)26(31)24-25(19-9-11-21(29)12-10-19)30(28(33)27(24)32)22-13-8-17(3)18(4)14-22/h5-16,25,31H,1-4H3/b26-24+. The van der Waals surface area contributed by atoms with Gasteiger partial charge in [-0.1, -0.05) is 30.3 Å². The number of halogens is 1. The van der Waals surface area contributed by atoms with Crippen LogP contribution in [-0.4, -0.2) is 22.9 Å². The van der Waals surface area contributed by atoms with Gasteiger partial charge in [-0.3, -0.25) is 14.5 Å². The van der Waals surface area contributed by atoms with E-state index >= 15 is 0 Å². The Morgan fingerprint density at radius 1 is 0.971 bits per heavy atom. The Morgan fingerprint density at radius 3 is 2.32 bits per heavy atom. The van der Waals surface area contributed by atoms with Crippen LogP contribution in [0.3, 0.4) is 0 Å². The molecule has 0 aromatic heterocycles. The Kier molecular flexibility index (Phi) is 6.24. The number of benzene rings is 3. The fraction of sp³-hybridized carbons (Fsp3) is 0.214. The van der Waals surface area contributed by atoms with Gasteiger partial charge in [0, 0.05) is 11.3 Å². The van der Waals surface area contributed by atoms with Gasteiger partial charge in [-0.15, -0.1) is 0 Å². The largest absolute Gasteiger partial charge is 0.507 e. The first-order valence-corrected chi connectivity index (χ1v) is 11.1. The first kappa shape index (κ1) is 23.2. The van der Waals surface area contributed by atoms with E-state index in [2.05, 4.69) is 0 Å². The molecule has 1 unspecified atom stereocenters. The highest BCUT2D eigenvalue weighted by Gasteiger charge is 2.47. The van der Waals surface area contributed by atoms with Gasteiger partial charge in [0.25, 0.3) is 11.7 Å². The van der Waals surface area contributed by atoms with Gasteiger partial charge in [-0.05, 0) is 80.8 Å². The van der Waals surface area contributed by atoms with E-state index in [0.717, 1.165) is 11.1 Å². The molecule has 1 aliphatic rings. The highest BCUT2D eigenvalue weighted by molar-refractivity contribution is 6.51. The second kappa shape index (κ2) is 9.14. The Morgan fingerprint density at radius 2 is 1.68 bits per heavy atom. The number of carbonyl (C=O) groups excluding carboxylic acids is 2. The van der Waals surface area contributed by atoms with Crippen LogP contribution in [0, 0.1) is 19.7 Å². The van der Waals surface area contributed by atoms with E-state index in [-0.39, 0.29) is 17.4 Å². The number of rotatable bonds is 5. The van der Waals surface area contributed by atoms with Gasteiger partial charge in [-0.2, -0.15) is 0 Å². The van der Waals surface area contributed by atoms with Crippen LogP contribution < -0.4 is 9.64 Å². The van der Waals surface area contributed by atoms with Crippen LogP contribution >= 0.6 is 0 Å². The summed E-state index contributed by atoms with van der Waals surface area (Å²) >= 11 is 0. The molecule has 6 heteroatoms. The number of aliphatic hydroxyl groups excluding tert-OH is 1. The van der Waals surface area contributed by atoms with E-state index in [1.54, 1.807) is 30.3 Å². The fourth-order valence-electron chi connectivity index (χ4n) is 4.08. The highest BCUT2D eigenvalue weighted by atomic mass is 19.1. The van der Waals surface area contributed by atoms with Crippen molar-refractivity contribution >= 4 is 23.1 Å². The summed E-state index contributed by atoms with van der Waals surface area (Å²) in [6.07, 6.45) is -0.0769. The van der Waals surface area contributed by atoms with Gasteiger partial charge in [0.2, 0.25) is 0 Å².